The van der Waals surface area contributed by atoms with Gasteiger partial charge >= 0.3 is 0 Å². The van der Waals surface area contributed by atoms with Gasteiger partial charge in [0.2, 0.25) is 16.9 Å². The number of hydrogen-bond acceptors (Lipinski definition) is 7. The van der Waals surface area contributed by atoms with E-state index in [1.54, 1.807) is 24.3 Å². The van der Waals surface area contributed by atoms with Crippen molar-refractivity contribution in [1.82, 2.24) is 10.2 Å². The number of rotatable bonds is 6. The van der Waals surface area contributed by atoms with E-state index >= 15 is 0 Å². The van der Waals surface area contributed by atoms with Crippen LogP contribution >= 0.6 is 23.1 Å². The lowest BCUT2D eigenvalue weighted by atomic mass is 10.1. The highest BCUT2D eigenvalue weighted by Gasteiger charge is 2.36. The van der Waals surface area contributed by atoms with Gasteiger partial charge in [0.05, 0.1) is 23.2 Å². The number of carbonyl (C=O) groups is 2. The van der Waals surface area contributed by atoms with Crippen molar-refractivity contribution in [1.29, 1.82) is 5.26 Å². The molecule has 2 aromatic carbocycles. The molecule has 2 amide bonds. The van der Waals surface area contributed by atoms with Gasteiger partial charge < -0.3 is 10.2 Å². The zero-order chi connectivity index (χ0) is 21.8. The van der Waals surface area contributed by atoms with Crippen molar-refractivity contribution < 1.29 is 14.0 Å². The van der Waals surface area contributed by atoms with Gasteiger partial charge in [0.25, 0.3) is 0 Å². The smallest absolute Gasteiger partial charge is 0.231 e. The van der Waals surface area contributed by atoms with E-state index in [0.717, 1.165) is 5.56 Å². The fourth-order valence-electron chi connectivity index (χ4n) is 3.13. The molecule has 7 nitrogen and oxygen atoms in total. The highest BCUT2D eigenvalue weighted by atomic mass is 32.2. The zero-order valence-corrected chi connectivity index (χ0v) is 17.8. The third-order valence-corrected chi connectivity index (χ3v) is 6.76. The average Bonchev–Trinajstić information content (AvgIpc) is 3.39. The minimum absolute atomic E-state index is 0.0132. The van der Waals surface area contributed by atoms with Crippen LogP contribution < -0.4 is 10.2 Å². The second-order valence-electron chi connectivity index (χ2n) is 6.82. The number of aromatic nitrogens is 2. The average molecular weight is 454 g/mol. The first-order chi connectivity index (χ1) is 15.0. The van der Waals surface area contributed by atoms with Crippen molar-refractivity contribution in [3.05, 3.63) is 65.5 Å². The van der Waals surface area contributed by atoms with Crippen molar-refractivity contribution in [3.63, 3.8) is 0 Å². The number of carbonyl (C=O) groups excluding carboxylic acids is 2. The van der Waals surface area contributed by atoms with Crippen LogP contribution in [0.25, 0.3) is 0 Å². The summed E-state index contributed by atoms with van der Waals surface area (Å²) in [6.45, 7) is 0.116. The van der Waals surface area contributed by atoms with Gasteiger partial charge in [0.1, 0.15) is 5.82 Å². The third kappa shape index (κ3) is 4.90. The Morgan fingerprint density at radius 3 is 2.77 bits per heavy atom. The first kappa shape index (κ1) is 21.0. The molecule has 1 N–H and O–H groups in total. The topological polar surface area (TPSA) is 99.0 Å². The van der Waals surface area contributed by atoms with Gasteiger partial charge in [-0.15, -0.1) is 10.2 Å². The van der Waals surface area contributed by atoms with Crippen LogP contribution in [0, 0.1) is 23.1 Å². The lowest BCUT2D eigenvalue weighted by molar-refractivity contribution is -0.122. The molecule has 4 rings (SSSR count). The molecule has 1 aliphatic rings. The summed E-state index contributed by atoms with van der Waals surface area (Å²) >= 11 is 2.72. The molecule has 1 aliphatic heterocycles. The van der Waals surface area contributed by atoms with E-state index in [9.17, 15) is 14.0 Å². The van der Waals surface area contributed by atoms with Crippen molar-refractivity contribution in [2.45, 2.75) is 16.5 Å². The molecule has 1 saturated heterocycles. The Bertz CT molecular complexity index is 1160. The van der Waals surface area contributed by atoms with E-state index in [2.05, 4.69) is 21.6 Å². The van der Waals surface area contributed by atoms with Gasteiger partial charge in [-0.25, -0.2) is 4.39 Å². The monoisotopic (exact) mass is 453 g/mol. The number of halogens is 1. The molecule has 31 heavy (non-hydrogen) atoms. The number of amides is 2. The molecule has 1 fully saturated rings. The molecular weight excluding hydrogens is 437 g/mol. The number of anilines is 2. The van der Waals surface area contributed by atoms with Crippen molar-refractivity contribution in [2.75, 3.05) is 16.8 Å². The second kappa shape index (κ2) is 9.24. The van der Waals surface area contributed by atoms with E-state index in [4.69, 9.17) is 5.26 Å². The van der Waals surface area contributed by atoms with Gasteiger partial charge in [0.15, 0.2) is 4.34 Å². The van der Waals surface area contributed by atoms with Crippen molar-refractivity contribution in [2.24, 2.45) is 5.92 Å². The summed E-state index contributed by atoms with van der Waals surface area (Å²) in [6, 6.07) is 15.4. The largest absolute Gasteiger partial charge is 0.309 e. The molecular formula is C21H16FN5O2S2. The molecule has 3 aromatic rings. The molecule has 10 heteroatoms. The predicted octanol–water partition coefficient (Wildman–Crippen LogP) is 3.83. The van der Waals surface area contributed by atoms with Crippen molar-refractivity contribution >= 4 is 45.7 Å². The first-order valence-electron chi connectivity index (χ1n) is 9.34. The fraction of sp³-hybridized carbons (Fsp3) is 0.190. The minimum atomic E-state index is -0.592. The summed E-state index contributed by atoms with van der Waals surface area (Å²) in [5.74, 6) is -1.06. The second-order valence-corrected chi connectivity index (χ2v) is 9.02. The molecule has 2 heterocycles. The summed E-state index contributed by atoms with van der Waals surface area (Å²) in [5.41, 5.74) is 1.83. The lowest BCUT2D eigenvalue weighted by Gasteiger charge is -2.17. The van der Waals surface area contributed by atoms with Gasteiger partial charge in [0, 0.05) is 18.7 Å². The maximum absolute atomic E-state index is 14.0. The molecule has 0 spiro atoms. The van der Waals surface area contributed by atoms with Gasteiger partial charge in [-0.1, -0.05) is 47.4 Å². The Hall–Kier alpha value is -3.29. The van der Waals surface area contributed by atoms with Crippen LogP contribution in [0.1, 0.15) is 17.5 Å². The number of hydrogen-bond donors (Lipinski definition) is 1. The van der Waals surface area contributed by atoms with E-state index in [1.165, 1.54) is 40.1 Å². The summed E-state index contributed by atoms with van der Waals surface area (Å²) in [4.78, 5) is 26.2. The van der Waals surface area contributed by atoms with Crippen LogP contribution in [0.5, 0.6) is 0 Å². The Morgan fingerprint density at radius 2 is 2.03 bits per heavy atom. The Morgan fingerprint density at radius 1 is 1.26 bits per heavy atom. The molecule has 1 atom stereocenters. The highest BCUT2D eigenvalue weighted by Crippen LogP contribution is 2.31. The van der Waals surface area contributed by atoms with Gasteiger partial charge in [-0.2, -0.15) is 5.26 Å². The predicted molar refractivity (Wildman–Crippen MR) is 116 cm³/mol. The van der Waals surface area contributed by atoms with Gasteiger partial charge in [-0.3, -0.25) is 9.59 Å². The fourth-order valence-corrected chi connectivity index (χ4v) is 4.84. The number of para-hydroxylation sites is 1. The summed E-state index contributed by atoms with van der Waals surface area (Å²) in [6.07, 6.45) is 0.0132. The third-order valence-electron chi connectivity index (χ3n) is 4.72. The zero-order valence-electron chi connectivity index (χ0n) is 16.1. The van der Waals surface area contributed by atoms with Crippen molar-refractivity contribution in [3.8, 4) is 6.07 Å². The van der Waals surface area contributed by atoms with Crippen LogP contribution in [-0.2, 0) is 15.3 Å². The summed E-state index contributed by atoms with van der Waals surface area (Å²) in [5, 5.41) is 20.0. The van der Waals surface area contributed by atoms with Gasteiger partial charge in [-0.05, 0) is 29.8 Å². The SMILES string of the molecule is N#Cc1ccc(CSc2nnc(NC(=O)C3CC(=O)N(c4ccccc4F)C3)s2)cc1. The molecule has 0 bridgehead atoms. The molecule has 0 radical (unpaired) electrons. The van der Waals surface area contributed by atoms with Crippen LogP contribution in [0.4, 0.5) is 15.2 Å². The molecule has 0 aliphatic carbocycles. The quantitative estimate of drug-likeness (QED) is 0.450. The molecule has 1 unspecified atom stereocenters. The summed E-state index contributed by atoms with van der Waals surface area (Å²) < 4.78 is 14.7. The van der Waals surface area contributed by atoms with E-state index in [0.29, 0.717) is 20.8 Å². The maximum Gasteiger partial charge on any atom is 0.231 e. The maximum atomic E-state index is 14.0. The van der Waals surface area contributed by atoms with Crippen LogP contribution in [0.2, 0.25) is 0 Å². The standard InChI is InChI=1S/C21H16FN5O2S2/c22-16-3-1-2-4-17(16)27-11-15(9-18(27)28)19(29)24-20-25-26-21(31-20)30-12-14-7-5-13(10-23)6-8-14/h1-8,15H,9,11-12H2,(H,24,25,29). The number of nitrogens with one attached hydrogen (secondary N) is 1. The number of benzene rings is 2. The number of nitriles is 1. The minimum Gasteiger partial charge on any atom is -0.309 e. The summed E-state index contributed by atoms with van der Waals surface area (Å²) in [7, 11) is 0. The Kier molecular flexibility index (Phi) is 6.25. The normalized spacial score (nSPS) is 15.7. The molecule has 156 valence electrons. The Balaban J connectivity index is 1.33. The van der Waals surface area contributed by atoms with E-state index in [-0.39, 0.29) is 30.5 Å². The van der Waals surface area contributed by atoms with Crippen LogP contribution in [-0.4, -0.2) is 28.6 Å². The Labute approximate surface area is 185 Å². The highest BCUT2D eigenvalue weighted by molar-refractivity contribution is 8.00. The number of nitrogens with zero attached hydrogens (tertiary/aromatic N) is 4. The molecule has 0 saturated carbocycles. The van der Waals surface area contributed by atoms with E-state index in [1.807, 2.05) is 12.1 Å². The lowest BCUT2D eigenvalue weighted by Crippen LogP contribution is -2.28. The van der Waals surface area contributed by atoms with Crippen LogP contribution in [0.3, 0.4) is 0 Å². The molecule has 1 aromatic heterocycles. The number of thioether (sulfide) groups is 1. The van der Waals surface area contributed by atoms with Crippen LogP contribution in [0.15, 0.2) is 52.9 Å². The first-order valence-corrected chi connectivity index (χ1v) is 11.1. The van der Waals surface area contributed by atoms with E-state index < -0.39 is 11.7 Å².